The number of hydrogen-bond donors (Lipinski definition) is 3. The molecule has 11 heteroatoms. The molecule has 2 aromatic carbocycles. The van der Waals surface area contributed by atoms with Gasteiger partial charge in [0.15, 0.2) is 0 Å². The smallest absolute Gasteiger partial charge is 0.334 e. The molecule has 2 aromatic heterocycles. The Morgan fingerprint density at radius 1 is 1.02 bits per heavy atom. The zero-order valence-electron chi connectivity index (χ0n) is 21.9. The predicted molar refractivity (Wildman–Crippen MR) is 144 cm³/mol. The van der Waals surface area contributed by atoms with E-state index in [0.717, 1.165) is 40.1 Å². The highest BCUT2D eigenvalue weighted by atomic mass is 19.4. The highest BCUT2D eigenvalue weighted by Crippen LogP contribution is 2.30. The van der Waals surface area contributed by atoms with Gasteiger partial charge >= 0.3 is 6.18 Å². The highest BCUT2D eigenvalue weighted by molar-refractivity contribution is 6.04. The summed E-state index contributed by atoms with van der Waals surface area (Å²) in [7, 11) is 0. The third kappa shape index (κ3) is 6.14. The number of nitrogens with one attached hydrogen (secondary N) is 3. The number of aryl methyl sites for hydroxylation is 3. The van der Waals surface area contributed by atoms with Gasteiger partial charge in [0, 0.05) is 43.5 Å². The van der Waals surface area contributed by atoms with Gasteiger partial charge < -0.3 is 15.5 Å². The Labute approximate surface area is 228 Å². The zero-order chi connectivity index (χ0) is 28.4. The van der Waals surface area contributed by atoms with E-state index in [-0.39, 0.29) is 11.5 Å². The van der Waals surface area contributed by atoms with E-state index in [1.807, 2.05) is 31.2 Å². The average molecular weight is 549 g/mol. The van der Waals surface area contributed by atoms with E-state index < -0.39 is 17.6 Å². The molecule has 0 aliphatic carbocycles. The van der Waals surface area contributed by atoms with Crippen molar-refractivity contribution in [3.05, 3.63) is 99.9 Å². The number of benzene rings is 2. The Bertz CT molecular complexity index is 1580. The van der Waals surface area contributed by atoms with E-state index >= 15 is 0 Å². The van der Waals surface area contributed by atoms with Crippen LogP contribution in [0.3, 0.4) is 0 Å². The summed E-state index contributed by atoms with van der Waals surface area (Å²) in [5.41, 5.74) is 4.48. The van der Waals surface area contributed by atoms with Crippen LogP contribution < -0.4 is 10.6 Å². The number of fused-ring (bicyclic) bond motifs is 1. The second kappa shape index (κ2) is 10.8. The predicted octanol–water partition coefficient (Wildman–Crippen LogP) is 5.78. The van der Waals surface area contributed by atoms with Crippen LogP contribution in [-0.4, -0.2) is 31.9 Å². The van der Waals surface area contributed by atoms with Crippen LogP contribution in [-0.2, 0) is 36.9 Å². The summed E-state index contributed by atoms with van der Waals surface area (Å²) >= 11 is 0. The van der Waals surface area contributed by atoms with Crippen LogP contribution in [0.4, 0.5) is 30.5 Å². The van der Waals surface area contributed by atoms with E-state index in [2.05, 4.69) is 25.8 Å². The van der Waals surface area contributed by atoms with Gasteiger partial charge in [-0.3, -0.25) is 14.7 Å². The second-order valence-corrected chi connectivity index (χ2v) is 9.79. The molecule has 0 atom stereocenters. The molecule has 0 fully saturated rings. The molecule has 0 unspecified atom stereocenters. The van der Waals surface area contributed by atoms with Crippen LogP contribution in [0, 0.1) is 6.92 Å². The second-order valence-electron chi connectivity index (χ2n) is 9.79. The molecule has 40 heavy (non-hydrogen) atoms. The molecule has 2 amide bonds. The van der Waals surface area contributed by atoms with Crippen molar-refractivity contribution in [2.45, 2.75) is 46.0 Å². The monoisotopic (exact) mass is 548 g/mol. The summed E-state index contributed by atoms with van der Waals surface area (Å²) in [6, 6.07) is 13.6. The molecule has 206 valence electrons. The van der Waals surface area contributed by atoms with Crippen molar-refractivity contribution in [1.82, 2.24) is 20.1 Å². The molecule has 4 aromatic rings. The van der Waals surface area contributed by atoms with Gasteiger partial charge in [0.25, 0.3) is 5.91 Å². The first kappa shape index (κ1) is 26.9. The molecule has 0 bridgehead atoms. The number of H-pyrrole nitrogens is 1. The lowest BCUT2D eigenvalue weighted by Crippen LogP contribution is -2.21. The Morgan fingerprint density at radius 3 is 2.60 bits per heavy atom. The van der Waals surface area contributed by atoms with Crippen LogP contribution in [0.15, 0.2) is 60.8 Å². The van der Waals surface area contributed by atoms with E-state index in [4.69, 9.17) is 0 Å². The Hall–Kier alpha value is -4.67. The molecule has 0 radical (unpaired) electrons. The molecule has 0 spiro atoms. The average Bonchev–Trinajstić information content (AvgIpc) is 3.55. The number of aromatic amines is 1. The molecule has 0 saturated carbocycles. The van der Waals surface area contributed by atoms with E-state index in [9.17, 15) is 22.8 Å². The molecule has 1 aliphatic rings. The molecule has 1 aliphatic heterocycles. The molecule has 3 heterocycles. The third-order valence-electron chi connectivity index (χ3n) is 6.85. The van der Waals surface area contributed by atoms with Crippen molar-refractivity contribution >= 4 is 29.1 Å². The highest BCUT2D eigenvalue weighted by Gasteiger charge is 2.31. The lowest BCUT2D eigenvalue weighted by atomic mass is 10.0. The maximum Gasteiger partial charge on any atom is 0.416 e. The maximum atomic E-state index is 13.0. The van der Waals surface area contributed by atoms with E-state index in [0.29, 0.717) is 43.3 Å². The maximum absolute atomic E-state index is 13.0. The van der Waals surface area contributed by atoms with Gasteiger partial charge in [-0.1, -0.05) is 12.1 Å². The molecule has 5 rings (SSSR count). The number of hydrogen-bond acceptors (Lipinski definition) is 5. The summed E-state index contributed by atoms with van der Waals surface area (Å²) in [5.74, 6) is 0.753. The van der Waals surface area contributed by atoms with Gasteiger partial charge in [0.1, 0.15) is 11.6 Å². The van der Waals surface area contributed by atoms with Gasteiger partial charge in [-0.05, 0) is 78.4 Å². The number of nitrogens with zero attached hydrogens (tertiary/aromatic N) is 3. The first-order valence-corrected chi connectivity index (χ1v) is 12.7. The number of amides is 2. The van der Waals surface area contributed by atoms with Crippen LogP contribution in [0.25, 0.3) is 0 Å². The SMILES string of the molecule is CC(=O)N1Cc2cnc(Nc3cc(CCc4cc(NC(=O)c5cccc(C(F)(F)F)c5)ccc4C)n[nH]3)cc2C1. The van der Waals surface area contributed by atoms with Crippen molar-refractivity contribution in [3.63, 3.8) is 0 Å². The topological polar surface area (TPSA) is 103 Å². The summed E-state index contributed by atoms with van der Waals surface area (Å²) < 4.78 is 39.1. The van der Waals surface area contributed by atoms with Crippen LogP contribution >= 0.6 is 0 Å². The third-order valence-corrected chi connectivity index (χ3v) is 6.85. The lowest BCUT2D eigenvalue weighted by molar-refractivity contribution is -0.137. The molecular weight excluding hydrogens is 521 g/mol. The summed E-state index contributed by atoms with van der Waals surface area (Å²) in [6.45, 7) is 4.65. The number of rotatable bonds is 7. The van der Waals surface area contributed by atoms with E-state index in [1.54, 1.807) is 24.1 Å². The minimum absolute atomic E-state index is 0.0304. The van der Waals surface area contributed by atoms with Crippen LogP contribution in [0.1, 0.15) is 50.8 Å². The number of carbonyl (C=O) groups excluding carboxylic acids is 2. The van der Waals surface area contributed by atoms with Crippen LogP contribution in [0.2, 0.25) is 0 Å². The Kier molecular flexibility index (Phi) is 7.29. The number of halogens is 3. The number of anilines is 3. The van der Waals surface area contributed by atoms with Gasteiger partial charge in [0.05, 0.1) is 11.3 Å². The summed E-state index contributed by atoms with van der Waals surface area (Å²) in [4.78, 5) is 30.5. The largest absolute Gasteiger partial charge is 0.416 e. The van der Waals surface area contributed by atoms with Crippen LogP contribution in [0.5, 0.6) is 0 Å². The van der Waals surface area contributed by atoms with Gasteiger partial charge in [0.2, 0.25) is 5.91 Å². The standard InChI is InChI=1S/C29H27F3N6O2/c1-17-6-8-24(34-28(40)20-4-3-5-23(10-20)29(30,31)32)11-19(17)7-9-25-13-27(37-36-25)35-26-12-21-15-38(18(2)39)16-22(21)14-33-26/h3-6,8,10-14H,7,9,15-16H2,1-2H3,(H,34,40)(H2,33,35,36,37). The minimum atomic E-state index is -4.52. The molecule has 0 saturated heterocycles. The van der Waals surface area contributed by atoms with Gasteiger partial charge in [-0.25, -0.2) is 4.98 Å². The molecule has 3 N–H and O–H groups in total. The number of carbonyl (C=O) groups is 2. The fourth-order valence-electron chi connectivity index (χ4n) is 4.59. The fraction of sp³-hybridized carbons (Fsp3) is 0.241. The number of alkyl halides is 3. The number of aromatic nitrogens is 3. The lowest BCUT2D eigenvalue weighted by Gasteiger charge is -2.11. The van der Waals surface area contributed by atoms with Gasteiger partial charge in [-0.2, -0.15) is 18.3 Å². The Balaban J connectivity index is 1.20. The number of pyridine rings is 1. The summed E-state index contributed by atoms with van der Waals surface area (Å²) in [5, 5.41) is 13.3. The van der Waals surface area contributed by atoms with Crippen molar-refractivity contribution in [1.29, 1.82) is 0 Å². The van der Waals surface area contributed by atoms with Crippen molar-refractivity contribution in [2.75, 3.05) is 10.6 Å². The van der Waals surface area contributed by atoms with Crippen molar-refractivity contribution < 1.29 is 22.8 Å². The van der Waals surface area contributed by atoms with E-state index in [1.165, 1.54) is 12.1 Å². The van der Waals surface area contributed by atoms with Gasteiger partial charge in [-0.15, -0.1) is 0 Å². The first-order chi connectivity index (χ1) is 19.0. The fourth-order valence-corrected chi connectivity index (χ4v) is 4.59. The van der Waals surface area contributed by atoms with Crippen molar-refractivity contribution in [3.8, 4) is 0 Å². The molecular formula is C29H27F3N6O2. The zero-order valence-corrected chi connectivity index (χ0v) is 21.9. The normalized spacial score (nSPS) is 12.8. The summed E-state index contributed by atoms with van der Waals surface area (Å²) in [6.07, 6.45) is -1.49. The minimum Gasteiger partial charge on any atom is -0.334 e. The Morgan fingerprint density at radius 2 is 1.82 bits per heavy atom. The molecule has 8 nitrogen and oxygen atoms in total. The van der Waals surface area contributed by atoms with Crippen molar-refractivity contribution in [2.24, 2.45) is 0 Å². The quantitative estimate of drug-likeness (QED) is 0.272. The first-order valence-electron chi connectivity index (χ1n) is 12.7.